The summed E-state index contributed by atoms with van der Waals surface area (Å²) in [5.41, 5.74) is 2.07. The predicted octanol–water partition coefficient (Wildman–Crippen LogP) is 4.05. The van der Waals surface area contributed by atoms with Gasteiger partial charge in [0, 0.05) is 12.0 Å². The summed E-state index contributed by atoms with van der Waals surface area (Å²) in [5, 5.41) is 4.67. The third-order valence-electron chi connectivity index (χ3n) is 3.28. The van der Waals surface area contributed by atoms with Gasteiger partial charge in [-0.1, -0.05) is 54.6 Å². The molecule has 0 unspecified atom stereocenters. The molecule has 0 aliphatic carbocycles. The van der Waals surface area contributed by atoms with Crippen LogP contribution >= 0.6 is 0 Å². The number of hydrogen-bond donors (Lipinski definition) is 0. The molecule has 0 fully saturated rings. The first-order chi connectivity index (χ1) is 10.4. The highest BCUT2D eigenvalue weighted by atomic mass is 15.3. The van der Waals surface area contributed by atoms with Crippen molar-refractivity contribution in [2.24, 2.45) is 0 Å². The Hall–Kier alpha value is -2.68. The number of hydrogen-bond acceptors (Lipinski definition) is 2. The van der Waals surface area contributed by atoms with E-state index in [1.165, 1.54) is 0 Å². The first-order valence-corrected chi connectivity index (χ1v) is 7.06. The zero-order valence-corrected chi connectivity index (χ0v) is 11.8. The lowest BCUT2D eigenvalue weighted by Gasteiger charge is -2.04. The molecule has 0 radical (unpaired) electrons. The van der Waals surface area contributed by atoms with Gasteiger partial charge < -0.3 is 0 Å². The minimum Gasteiger partial charge on any atom is -0.217 e. The van der Waals surface area contributed by atoms with Gasteiger partial charge in [0.05, 0.1) is 5.69 Å². The smallest absolute Gasteiger partial charge is 0.181 e. The van der Waals surface area contributed by atoms with Crippen LogP contribution in [0, 0.1) is 0 Å². The highest BCUT2D eigenvalue weighted by molar-refractivity contribution is 5.54. The fourth-order valence-electron chi connectivity index (χ4n) is 2.22. The molecule has 0 saturated heterocycles. The van der Waals surface area contributed by atoms with Crippen LogP contribution in [0.2, 0.25) is 0 Å². The summed E-state index contributed by atoms with van der Waals surface area (Å²) in [5.74, 6) is 1.72. The van der Waals surface area contributed by atoms with Crippen molar-refractivity contribution in [1.82, 2.24) is 14.8 Å². The van der Waals surface area contributed by atoms with E-state index < -0.39 is 0 Å². The first kappa shape index (κ1) is 13.3. The van der Waals surface area contributed by atoms with Crippen LogP contribution in [0.25, 0.3) is 17.1 Å². The molecule has 104 valence electrons. The van der Waals surface area contributed by atoms with Crippen LogP contribution in [0.4, 0.5) is 0 Å². The molecular formula is C18H17N3. The molecule has 2 aromatic carbocycles. The number of rotatable bonds is 5. The maximum Gasteiger partial charge on any atom is 0.181 e. The number of allylic oxidation sites excluding steroid dienone is 1. The Bertz CT molecular complexity index is 715. The molecule has 0 N–H and O–H groups in total. The molecule has 0 aliphatic rings. The van der Waals surface area contributed by atoms with E-state index in [-0.39, 0.29) is 0 Å². The second-order valence-electron chi connectivity index (χ2n) is 4.79. The van der Waals surface area contributed by atoms with Gasteiger partial charge in [0.1, 0.15) is 5.82 Å². The molecule has 3 heteroatoms. The molecule has 0 spiro atoms. The normalized spacial score (nSPS) is 10.5. The molecule has 0 saturated carbocycles. The molecule has 0 amide bonds. The lowest BCUT2D eigenvalue weighted by atomic mass is 10.2. The Morgan fingerprint density at radius 2 is 1.62 bits per heavy atom. The quantitative estimate of drug-likeness (QED) is 0.658. The van der Waals surface area contributed by atoms with E-state index in [1.54, 1.807) is 0 Å². The van der Waals surface area contributed by atoms with Crippen molar-refractivity contribution in [3.63, 3.8) is 0 Å². The Morgan fingerprint density at radius 3 is 2.29 bits per heavy atom. The molecule has 1 heterocycles. The molecule has 1 aromatic heterocycles. The number of para-hydroxylation sites is 1. The second-order valence-corrected chi connectivity index (χ2v) is 4.79. The summed E-state index contributed by atoms with van der Waals surface area (Å²) in [7, 11) is 0. The summed E-state index contributed by atoms with van der Waals surface area (Å²) in [4.78, 5) is 4.70. The molecule has 3 aromatic rings. The fourth-order valence-corrected chi connectivity index (χ4v) is 2.22. The van der Waals surface area contributed by atoms with Gasteiger partial charge in [0.25, 0.3) is 0 Å². The summed E-state index contributed by atoms with van der Waals surface area (Å²) in [6, 6.07) is 20.2. The van der Waals surface area contributed by atoms with Gasteiger partial charge in [-0.05, 0) is 18.6 Å². The molecule has 3 nitrogen and oxygen atoms in total. The monoisotopic (exact) mass is 275 g/mol. The van der Waals surface area contributed by atoms with E-state index in [4.69, 9.17) is 4.98 Å². The van der Waals surface area contributed by atoms with Crippen molar-refractivity contribution in [2.45, 2.75) is 12.8 Å². The largest absolute Gasteiger partial charge is 0.217 e. The van der Waals surface area contributed by atoms with Gasteiger partial charge in [-0.2, -0.15) is 0 Å². The van der Waals surface area contributed by atoms with Crippen LogP contribution in [0.5, 0.6) is 0 Å². The zero-order chi connectivity index (χ0) is 14.5. The highest BCUT2D eigenvalue weighted by Crippen LogP contribution is 2.18. The Morgan fingerprint density at radius 1 is 0.952 bits per heavy atom. The summed E-state index contributed by atoms with van der Waals surface area (Å²) in [6.07, 6.45) is 3.63. The highest BCUT2D eigenvalue weighted by Gasteiger charge is 2.12. The molecule has 3 rings (SSSR count). The summed E-state index contributed by atoms with van der Waals surface area (Å²) < 4.78 is 1.92. The predicted molar refractivity (Wildman–Crippen MR) is 85.3 cm³/mol. The van der Waals surface area contributed by atoms with Crippen molar-refractivity contribution >= 4 is 0 Å². The number of aromatic nitrogens is 3. The third-order valence-corrected chi connectivity index (χ3v) is 3.28. The van der Waals surface area contributed by atoms with E-state index in [0.29, 0.717) is 0 Å². The van der Waals surface area contributed by atoms with Crippen LogP contribution in [0.1, 0.15) is 12.2 Å². The fraction of sp³-hybridized carbons (Fsp3) is 0.111. The number of aryl methyl sites for hydroxylation is 1. The van der Waals surface area contributed by atoms with Crippen LogP contribution in [-0.2, 0) is 6.42 Å². The average molecular weight is 275 g/mol. The van der Waals surface area contributed by atoms with Crippen LogP contribution in [0.15, 0.2) is 73.3 Å². The van der Waals surface area contributed by atoms with E-state index in [9.17, 15) is 0 Å². The minimum atomic E-state index is 0.763. The van der Waals surface area contributed by atoms with Crippen LogP contribution < -0.4 is 0 Å². The maximum absolute atomic E-state index is 4.70. The van der Waals surface area contributed by atoms with Gasteiger partial charge in [-0.15, -0.1) is 11.7 Å². The third kappa shape index (κ3) is 2.92. The van der Waals surface area contributed by atoms with Crippen molar-refractivity contribution in [2.75, 3.05) is 0 Å². The van der Waals surface area contributed by atoms with Crippen molar-refractivity contribution in [3.05, 3.63) is 79.1 Å². The Balaban J connectivity index is 2.05. The standard InChI is InChI=1S/C18H17N3/c1-2-3-14-17-19-18(15-10-6-4-7-11-15)20-21(17)16-12-8-5-9-13-16/h2,4-13H,1,3,14H2. The van der Waals surface area contributed by atoms with Gasteiger partial charge in [0.2, 0.25) is 0 Å². The molecule has 0 aliphatic heterocycles. The van der Waals surface area contributed by atoms with E-state index in [0.717, 1.165) is 35.7 Å². The van der Waals surface area contributed by atoms with Crippen molar-refractivity contribution < 1.29 is 0 Å². The van der Waals surface area contributed by atoms with Crippen LogP contribution in [0.3, 0.4) is 0 Å². The lowest BCUT2D eigenvalue weighted by Crippen LogP contribution is -2.02. The number of benzene rings is 2. The average Bonchev–Trinajstić information content (AvgIpc) is 2.99. The molecular weight excluding hydrogens is 258 g/mol. The van der Waals surface area contributed by atoms with Gasteiger partial charge >= 0.3 is 0 Å². The number of nitrogens with zero attached hydrogens (tertiary/aromatic N) is 3. The van der Waals surface area contributed by atoms with E-state index in [1.807, 2.05) is 71.4 Å². The van der Waals surface area contributed by atoms with E-state index >= 15 is 0 Å². The summed E-state index contributed by atoms with van der Waals surface area (Å²) >= 11 is 0. The first-order valence-electron chi connectivity index (χ1n) is 7.06. The minimum absolute atomic E-state index is 0.763. The SMILES string of the molecule is C=CCCc1nc(-c2ccccc2)nn1-c1ccccc1. The Labute approximate surface area is 124 Å². The van der Waals surface area contributed by atoms with Gasteiger partial charge in [-0.3, -0.25) is 0 Å². The topological polar surface area (TPSA) is 30.7 Å². The van der Waals surface area contributed by atoms with Crippen molar-refractivity contribution in [3.8, 4) is 17.1 Å². The summed E-state index contributed by atoms with van der Waals surface area (Å²) in [6.45, 7) is 3.79. The van der Waals surface area contributed by atoms with E-state index in [2.05, 4.69) is 11.7 Å². The Kier molecular flexibility index (Phi) is 3.92. The van der Waals surface area contributed by atoms with Gasteiger partial charge in [-0.25, -0.2) is 9.67 Å². The molecule has 21 heavy (non-hydrogen) atoms. The lowest BCUT2D eigenvalue weighted by molar-refractivity contribution is 0.779. The van der Waals surface area contributed by atoms with Crippen LogP contribution in [-0.4, -0.2) is 14.8 Å². The van der Waals surface area contributed by atoms with Gasteiger partial charge in [0.15, 0.2) is 5.82 Å². The molecule has 0 atom stereocenters. The van der Waals surface area contributed by atoms with Crippen molar-refractivity contribution in [1.29, 1.82) is 0 Å². The second kappa shape index (κ2) is 6.18. The zero-order valence-electron chi connectivity index (χ0n) is 11.8. The molecule has 0 bridgehead atoms. The maximum atomic E-state index is 4.70.